The predicted molar refractivity (Wildman–Crippen MR) is 116 cm³/mol. The molecule has 0 radical (unpaired) electrons. The molecule has 0 saturated heterocycles. The number of carbonyl (C=O) groups is 1. The number of anilines is 1. The molecule has 3 aromatic rings. The quantitative estimate of drug-likeness (QED) is 0.315. The van der Waals surface area contributed by atoms with Gasteiger partial charge in [-0.25, -0.2) is 13.9 Å². The summed E-state index contributed by atoms with van der Waals surface area (Å²) in [6, 6.07) is 7.68. The topological polar surface area (TPSA) is 82.8 Å². The summed E-state index contributed by atoms with van der Waals surface area (Å²) in [4.78, 5) is 17.2. The van der Waals surface area contributed by atoms with Gasteiger partial charge in [0.25, 0.3) is 0 Å². The van der Waals surface area contributed by atoms with Crippen LogP contribution in [0.15, 0.2) is 54.4 Å². The molecule has 2 aromatic heterocycles. The molecule has 2 N–H and O–H groups in total. The summed E-state index contributed by atoms with van der Waals surface area (Å²) in [5.74, 6) is -0.435. The summed E-state index contributed by atoms with van der Waals surface area (Å²) in [6.45, 7) is 0.468. The number of nitrogens with one attached hydrogen (secondary N) is 1. The van der Waals surface area contributed by atoms with Crippen LogP contribution >= 0.6 is 11.6 Å². The third-order valence-electron chi connectivity index (χ3n) is 5.45. The second kappa shape index (κ2) is 9.55. The number of benzene rings is 1. The second-order valence-corrected chi connectivity index (χ2v) is 7.95. The molecule has 162 valence electrons. The molecular weight excluding hydrogens is 421 g/mol. The first-order valence-corrected chi connectivity index (χ1v) is 10.5. The lowest BCUT2D eigenvalue weighted by atomic mass is 9.93. The predicted octanol–water partition coefficient (Wildman–Crippen LogP) is 3.63. The second-order valence-electron chi connectivity index (χ2n) is 7.54. The lowest BCUT2D eigenvalue weighted by molar-refractivity contribution is -0.107. The van der Waals surface area contributed by atoms with Crippen molar-refractivity contribution >= 4 is 29.3 Å². The Hall–Kier alpha value is -2.81. The van der Waals surface area contributed by atoms with Crippen molar-refractivity contribution in [3.63, 3.8) is 0 Å². The summed E-state index contributed by atoms with van der Waals surface area (Å²) in [6.07, 6.45) is 8.68. The van der Waals surface area contributed by atoms with E-state index in [0.29, 0.717) is 36.4 Å². The number of halogens is 2. The number of fused-ring (bicyclic) bond motifs is 1. The van der Waals surface area contributed by atoms with Gasteiger partial charge in [0.2, 0.25) is 6.41 Å². The monoisotopic (exact) mass is 443 g/mol. The molecule has 1 aliphatic rings. The Balaban J connectivity index is 1.30. The van der Waals surface area contributed by atoms with Gasteiger partial charge >= 0.3 is 0 Å². The van der Waals surface area contributed by atoms with Gasteiger partial charge in [0, 0.05) is 31.0 Å². The highest BCUT2D eigenvalue weighted by atomic mass is 35.5. The normalized spacial score (nSPS) is 17.4. The fraction of sp³-hybridized carbons (Fsp3) is 0.318. The highest BCUT2D eigenvalue weighted by Gasteiger charge is 2.20. The van der Waals surface area contributed by atoms with Crippen molar-refractivity contribution in [2.24, 2.45) is 0 Å². The van der Waals surface area contributed by atoms with Crippen LogP contribution in [0.1, 0.15) is 37.6 Å². The summed E-state index contributed by atoms with van der Waals surface area (Å²) in [5, 5.41) is 18.3. The van der Waals surface area contributed by atoms with Crippen LogP contribution in [0.2, 0.25) is 5.02 Å². The summed E-state index contributed by atoms with van der Waals surface area (Å²) >= 11 is 6.07. The Kier molecular flexibility index (Phi) is 6.60. The van der Waals surface area contributed by atoms with E-state index < -0.39 is 12.0 Å². The zero-order valence-electron chi connectivity index (χ0n) is 16.8. The maximum atomic E-state index is 13.2. The molecule has 2 heterocycles. The number of aliphatic hydroxyl groups is 1. The molecule has 9 heteroatoms. The number of nitrogens with zero attached hydrogens (tertiary/aromatic N) is 4. The Morgan fingerprint density at radius 3 is 3.00 bits per heavy atom. The fourth-order valence-corrected chi connectivity index (χ4v) is 4.04. The third-order valence-corrected chi connectivity index (χ3v) is 5.76. The first-order valence-electron chi connectivity index (χ1n) is 10.1. The highest BCUT2D eigenvalue weighted by Crippen LogP contribution is 2.28. The van der Waals surface area contributed by atoms with Crippen LogP contribution in [0.4, 0.5) is 10.1 Å². The van der Waals surface area contributed by atoms with Crippen LogP contribution in [-0.2, 0) is 4.79 Å². The van der Waals surface area contributed by atoms with E-state index >= 15 is 0 Å². The van der Waals surface area contributed by atoms with Crippen LogP contribution in [0, 0.1) is 5.82 Å². The van der Waals surface area contributed by atoms with Gasteiger partial charge in [-0.3, -0.25) is 10.1 Å². The van der Waals surface area contributed by atoms with Crippen molar-refractivity contribution in [1.29, 1.82) is 0 Å². The van der Waals surface area contributed by atoms with Gasteiger partial charge in [-0.1, -0.05) is 23.3 Å². The maximum absolute atomic E-state index is 13.2. The molecule has 31 heavy (non-hydrogen) atoms. The van der Waals surface area contributed by atoms with Crippen LogP contribution in [0.3, 0.4) is 0 Å². The van der Waals surface area contributed by atoms with Crippen LogP contribution in [0.5, 0.6) is 0 Å². The van der Waals surface area contributed by atoms with E-state index in [1.165, 1.54) is 28.7 Å². The van der Waals surface area contributed by atoms with Crippen molar-refractivity contribution in [3.8, 4) is 0 Å². The summed E-state index contributed by atoms with van der Waals surface area (Å²) < 4.78 is 14.9. The smallest absolute Gasteiger partial charge is 0.214 e. The molecule has 0 fully saturated rings. The van der Waals surface area contributed by atoms with Gasteiger partial charge in [0.05, 0.1) is 10.7 Å². The molecule has 1 aliphatic carbocycles. The van der Waals surface area contributed by atoms with Gasteiger partial charge in [0.1, 0.15) is 17.7 Å². The number of aliphatic hydroxyl groups excluding tert-OH is 1. The molecule has 0 aliphatic heterocycles. The zero-order valence-corrected chi connectivity index (χ0v) is 17.5. The van der Waals surface area contributed by atoms with E-state index in [-0.39, 0.29) is 11.1 Å². The van der Waals surface area contributed by atoms with E-state index in [4.69, 9.17) is 11.6 Å². The van der Waals surface area contributed by atoms with Gasteiger partial charge in [-0.2, -0.15) is 5.10 Å². The van der Waals surface area contributed by atoms with E-state index in [1.807, 2.05) is 0 Å². The first kappa shape index (κ1) is 21.4. The number of amides is 1. The number of hydrogen-bond donors (Lipinski definition) is 2. The van der Waals surface area contributed by atoms with Gasteiger partial charge < -0.3 is 10.0 Å². The maximum Gasteiger partial charge on any atom is 0.214 e. The highest BCUT2D eigenvalue weighted by molar-refractivity contribution is 6.33. The Labute approximate surface area is 184 Å². The van der Waals surface area contributed by atoms with E-state index in [2.05, 4.69) is 21.5 Å². The minimum Gasteiger partial charge on any atom is -0.373 e. The van der Waals surface area contributed by atoms with Gasteiger partial charge in [0.15, 0.2) is 5.65 Å². The number of aromatic nitrogens is 3. The minimum absolute atomic E-state index is 0.130. The van der Waals surface area contributed by atoms with Crippen molar-refractivity contribution in [3.05, 3.63) is 70.9 Å². The lowest BCUT2D eigenvalue weighted by Crippen LogP contribution is -2.34. The summed E-state index contributed by atoms with van der Waals surface area (Å²) in [7, 11) is 0. The van der Waals surface area contributed by atoms with Crippen molar-refractivity contribution in [1.82, 2.24) is 19.9 Å². The van der Waals surface area contributed by atoms with Crippen LogP contribution in [-0.4, -0.2) is 38.7 Å². The van der Waals surface area contributed by atoms with E-state index in [0.717, 1.165) is 19.3 Å². The number of hydrogen-bond acceptors (Lipinski definition) is 5. The van der Waals surface area contributed by atoms with Crippen molar-refractivity contribution in [2.75, 3.05) is 11.4 Å². The average molecular weight is 444 g/mol. The van der Waals surface area contributed by atoms with E-state index in [1.54, 1.807) is 29.0 Å². The van der Waals surface area contributed by atoms with Crippen molar-refractivity contribution in [2.45, 2.75) is 38.0 Å². The molecule has 4 rings (SSSR count). The Bertz CT molecular complexity index is 1070. The molecule has 1 aromatic carbocycles. The van der Waals surface area contributed by atoms with Gasteiger partial charge in [-0.05, 0) is 49.9 Å². The largest absolute Gasteiger partial charge is 0.373 e. The zero-order chi connectivity index (χ0) is 21.8. The summed E-state index contributed by atoms with van der Waals surface area (Å²) in [5.41, 5.74) is 2.96. The molecule has 0 saturated carbocycles. The molecule has 0 bridgehead atoms. The Morgan fingerprint density at radius 2 is 2.29 bits per heavy atom. The molecule has 0 spiro atoms. The molecule has 1 amide bonds. The SMILES string of the molecule is O=CN(CCC1=CC[C@H](NC(O)c2cc3ncccn3n2)CC1)c1ccc(F)cc1Cl. The first-order chi connectivity index (χ1) is 15.0. The molecular formula is C22H23ClFN5O2. The lowest BCUT2D eigenvalue weighted by Gasteiger charge is -2.26. The van der Waals surface area contributed by atoms with Crippen LogP contribution < -0.4 is 10.2 Å². The van der Waals surface area contributed by atoms with Crippen LogP contribution in [0.25, 0.3) is 5.65 Å². The van der Waals surface area contributed by atoms with E-state index in [9.17, 15) is 14.3 Å². The molecule has 1 unspecified atom stereocenters. The van der Waals surface area contributed by atoms with Gasteiger partial charge in [-0.15, -0.1) is 0 Å². The minimum atomic E-state index is -0.868. The molecule has 7 nitrogen and oxygen atoms in total. The fourth-order valence-electron chi connectivity index (χ4n) is 3.77. The van der Waals surface area contributed by atoms with Crippen molar-refractivity contribution < 1.29 is 14.3 Å². The average Bonchev–Trinajstić information content (AvgIpc) is 3.21. The Morgan fingerprint density at radius 1 is 1.42 bits per heavy atom. The molecule has 2 atom stereocenters. The number of rotatable bonds is 8. The number of carbonyl (C=O) groups excluding carboxylic acids is 1. The third kappa shape index (κ3) is 5.10. The standard InChI is InChI=1S/C22H23ClFN5O2/c23-18-12-16(24)4-7-20(18)28(14-30)11-8-15-2-5-17(6-3-15)26-22(31)19-13-21-25-9-1-10-29(21)27-19/h1-2,4,7,9-10,12-14,17,22,26,31H,3,5-6,8,11H2/t17-,22?/m0/s1.